The second kappa shape index (κ2) is 8.19. The van der Waals surface area contributed by atoms with Crippen LogP contribution in [0.5, 0.6) is 11.6 Å². The van der Waals surface area contributed by atoms with Crippen LogP contribution >= 0.6 is 0 Å². The molecule has 4 rings (SSSR count). The minimum absolute atomic E-state index is 0.172. The van der Waals surface area contributed by atoms with Gasteiger partial charge in [0.25, 0.3) is 11.1 Å². The second-order valence-corrected chi connectivity index (χ2v) is 7.32. The lowest BCUT2D eigenvalue weighted by atomic mass is 9.97. The molecule has 0 unspecified atom stereocenters. The summed E-state index contributed by atoms with van der Waals surface area (Å²) in [6.07, 6.45) is 2.32. The van der Waals surface area contributed by atoms with Gasteiger partial charge in [0, 0.05) is 18.1 Å². The van der Waals surface area contributed by atoms with Gasteiger partial charge in [0.05, 0.1) is 11.1 Å². The van der Waals surface area contributed by atoms with Crippen LogP contribution in [0.3, 0.4) is 0 Å². The van der Waals surface area contributed by atoms with Gasteiger partial charge in [-0.05, 0) is 44.2 Å². The first-order chi connectivity index (χ1) is 15.8. The maximum Gasteiger partial charge on any atom is 0.269 e. The van der Waals surface area contributed by atoms with Crippen molar-refractivity contribution in [3.05, 3.63) is 86.1 Å². The van der Waals surface area contributed by atoms with E-state index in [1.165, 1.54) is 16.8 Å². The normalized spacial score (nSPS) is 11.8. The summed E-state index contributed by atoms with van der Waals surface area (Å²) in [7, 11) is 0. The van der Waals surface area contributed by atoms with Crippen molar-refractivity contribution in [1.82, 2.24) is 14.0 Å². The number of pyridine rings is 2. The van der Waals surface area contributed by atoms with Gasteiger partial charge < -0.3 is 14.8 Å². The Balaban J connectivity index is 1.99. The minimum Gasteiger partial charge on any atom is -0.506 e. The molecule has 9 heteroatoms. The van der Waals surface area contributed by atoms with E-state index in [2.05, 4.69) is 4.98 Å². The van der Waals surface area contributed by atoms with Crippen molar-refractivity contribution in [2.45, 2.75) is 20.4 Å². The Bertz CT molecular complexity index is 1610. The molecule has 0 saturated heterocycles. The van der Waals surface area contributed by atoms with Gasteiger partial charge in [-0.1, -0.05) is 18.2 Å². The van der Waals surface area contributed by atoms with Gasteiger partial charge in [-0.2, -0.15) is 4.98 Å². The van der Waals surface area contributed by atoms with E-state index in [1.807, 2.05) is 0 Å². The van der Waals surface area contributed by atoms with E-state index < -0.39 is 51.0 Å². The highest BCUT2D eigenvalue weighted by molar-refractivity contribution is 6.29. The molecule has 9 nitrogen and oxygen atoms in total. The van der Waals surface area contributed by atoms with E-state index in [-0.39, 0.29) is 17.6 Å². The van der Waals surface area contributed by atoms with Gasteiger partial charge in [0.15, 0.2) is 5.78 Å². The third kappa shape index (κ3) is 3.49. The fourth-order valence-electron chi connectivity index (χ4n) is 3.73. The molecule has 0 radical (unpaired) electrons. The average Bonchev–Trinajstić information content (AvgIpc) is 2.79. The van der Waals surface area contributed by atoms with E-state index in [0.29, 0.717) is 5.52 Å². The predicted molar refractivity (Wildman–Crippen MR) is 122 cm³/mol. The van der Waals surface area contributed by atoms with Gasteiger partial charge in [0.2, 0.25) is 11.7 Å². The number of aryl methyl sites for hydroxylation is 1. The molecule has 0 fully saturated rings. The minimum atomic E-state index is -1.06. The number of benzene rings is 1. The van der Waals surface area contributed by atoms with Crippen LogP contribution in [-0.4, -0.2) is 35.7 Å². The Morgan fingerprint density at radius 2 is 1.73 bits per heavy atom. The van der Waals surface area contributed by atoms with Crippen LogP contribution in [0.1, 0.15) is 29.8 Å². The van der Waals surface area contributed by atoms with E-state index >= 15 is 0 Å². The number of nitrogens with zero attached hydrogens (tertiary/aromatic N) is 3. The zero-order valence-electron chi connectivity index (χ0n) is 17.8. The number of hydrogen-bond acceptors (Lipinski definition) is 7. The summed E-state index contributed by atoms with van der Waals surface area (Å²) in [6, 6.07) is 11.2. The number of aromatic hydroxyl groups is 2. The maximum atomic E-state index is 13.4. The number of allylic oxidation sites excluding steroid dienone is 1. The summed E-state index contributed by atoms with van der Waals surface area (Å²) in [5.74, 6) is -3.05. The van der Waals surface area contributed by atoms with Gasteiger partial charge in [0.1, 0.15) is 22.5 Å². The SMILES string of the molecule is CCn1c(=O)c(C(=O)C(=Cc2c(O)nc3ccccn3c2=O)C(C)=O)c(O)c2ccccc21. The van der Waals surface area contributed by atoms with Crippen molar-refractivity contribution < 1.29 is 19.8 Å². The van der Waals surface area contributed by atoms with Gasteiger partial charge in [-0.25, -0.2) is 0 Å². The van der Waals surface area contributed by atoms with Crippen LogP contribution in [0, 0.1) is 0 Å². The Morgan fingerprint density at radius 3 is 2.42 bits per heavy atom. The van der Waals surface area contributed by atoms with Crippen LogP contribution in [0.25, 0.3) is 22.6 Å². The number of ketones is 2. The van der Waals surface area contributed by atoms with Crippen LogP contribution < -0.4 is 11.1 Å². The summed E-state index contributed by atoms with van der Waals surface area (Å²) in [5.41, 5.74) is -2.42. The highest BCUT2D eigenvalue weighted by Gasteiger charge is 2.27. The Kier molecular flexibility index (Phi) is 5.39. The first-order valence-corrected chi connectivity index (χ1v) is 10.1. The molecular formula is C24H19N3O6. The van der Waals surface area contributed by atoms with E-state index in [4.69, 9.17) is 0 Å². The Labute approximate surface area is 186 Å². The van der Waals surface area contributed by atoms with Crippen molar-refractivity contribution in [2.24, 2.45) is 0 Å². The molecule has 3 aromatic heterocycles. The van der Waals surface area contributed by atoms with Gasteiger partial charge in [-0.15, -0.1) is 0 Å². The standard InChI is InChI=1S/C24H19N3O6/c1-3-26-17-9-5-4-8-14(17)20(29)19(24(26)33)21(30)15(13(2)28)12-16-22(31)25-18-10-6-7-11-27(18)23(16)32/h4-12,29,31H,3H2,1-2H3. The highest BCUT2D eigenvalue weighted by Crippen LogP contribution is 2.28. The fraction of sp³-hybridized carbons (Fsp3) is 0.125. The molecule has 1 aromatic carbocycles. The van der Waals surface area contributed by atoms with E-state index in [1.54, 1.807) is 43.3 Å². The molecule has 2 N–H and O–H groups in total. The van der Waals surface area contributed by atoms with Crippen molar-refractivity contribution in [3.63, 3.8) is 0 Å². The molecule has 33 heavy (non-hydrogen) atoms. The summed E-state index contributed by atoms with van der Waals surface area (Å²) in [6.45, 7) is 3.01. The van der Waals surface area contributed by atoms with E-state index in [9.17, 15) is 29.4 Å². The molecule has 0 aliphatic carbocycles. The lowest BCUT2D eigenvalue weighted by Gasteiger charge is -2.13. The van der Waals surface area contributed by atoms with Crippen molar-refractivity contribution in [2.75, 3.05) is 0 Å². The number of rotatable bonds is 5. The molecule has 0 spiro atoms. The van der Waals surface area contributed by atoms with Crippen LogP contribution in [0.4, 0.5) is 0 Å². The molecule has 0 aliphatic rings. The van der Waals surface area contributed by atoms with Crippen molar-refractivity contribution in [3.8, 4) is 11.6 Å². The molecule has 0 atom stereocenters. The van der Waals surface area contributed by atoms with Crippen molar-refractivity contribution >= 4 is 34.2 Å². The first-order valence-electron chi connectivity index (χ1n) is 10.1. The van der Waals surface area contributed by atoms with Crippen molar-refractivity contribution in [1.29, 1.82) is 0 Å². The quantitative estimate of drug-likeness (QED) is 0.209. The van der Waals surface area contributed by atoms with Crippen LogP contribution in [0.15, 0.2) is 63.8 Å². The number of hydrogen-bond donors (Lipinski definition) is 2. The molecule has 4 aromatic rings. The van der Waals surface area contributed by atoms with Crippen LogP contribution in [0.2, 0.25) is 0 Å². The lowest BCUT2D eigenvalue weighted by Crippen LogP contribution is -2.28. The summed E-state index contributed by atoms with van der Waals surface area (Å²) in [4.78, 5) is 55.6. The molecule has 0 saturated carbocycles. The number of Topliss-reactive ketones (excluding diaryl/α,β-unsaturated/α-hetero) is 2. The Morgan fingerprint density at radius 1 is 1.03 bits per heavy atom. The monoisotopic (exact) mass is 445 g/mol. The zero-order valence-corrected chi connectivity index (χ0v) is 17.8. The number of fused-ring (bicyclic) bond motifs is 2. The highest BCUT2D eigenvalue weighted by atomic mass is 16.3. The number of carbonyl (C=O) groups is 2. The summed E-state index contributed by atoms with van der Waals surface area (Å²) < 4.78 is 2.45. The predicted octanol–water partition coefficient (Wildman–Crippen LogP) is 2.30. The average molecular weight is 445 g/mol. The zero-order chi connectivity index (χ0) is 23.9. The number of aromatic nitrogens is 3. The third-order valence-electron chi connectivity index (χ3n) is 5.35. The summed E-state index contributed by atoms with van der Waals surface area (Å²) in [5, 5.41) is 21.3. The lowest BCUT2D eigenvalue weighted by molar-refractivity contribution is -0.113. The summed E-state index contributed by atoms with van der Waals surface area (Å²) >= 11 is 0. The second-order valence-electron chi connectivity index (χ2n) is 7.32. The molecule has 0 bridgehead atoms. The number of carbonyl (C=O) groups excluding carboxylic acids is 2. The smallest absolute Gasteiger partial charge is 0.269 e. The maximum absolute atomic E-state index is 13.4. The number of para-hydroxylation sites is 1. The molecule has 0 amide bonds. The molecule has 0 aliphatic heterocycles. The van der Waals surface area contributed by atoms with E-state index in [0.717, 1.165) is 17.4 Å². The Hall–Kier alpha value is -4.53. The third-order valence-corrected chi connectivity index (χ3v) is 5.35. The first kappa shape index (κ1) is 21.7. The fourth-order valence-corrected chi connectivity index (χ4v) is 3.73. The van der Waals surface area contributed by atoms with Gasteiger partial charge in [-0.3, -0.25) is 23.6 Å². The van der Waals surface area contributed by atoms with Gasteiger partial charge >= 0.3 is 0 Å². The van der Waals surface area contributed by atoms with Crippen LogP contribution in [-0.2, 0) is 11.3 Å². The molecule has 166 valence electrons. The molecule has 3 heterocycles. The molecular weight excluding hydrogens is 426 g/mol. The largest absolute Gasteiger partial charge is 0.506 e. The topological polar surface area (TPSA) is 131 Å².